The Balaban J connectivity index is 1.55. The van der Waals surface area contributed by atoms with Gasteiger partial charge in [-0.05, 0) is 30.7 Å². The van der Waals surface area contributed by atoms with E-state index in [0.717, 1.165) is 12.1 Å². The molecule has 1 atom stereocenters. The van der Waals surface area contributed by atoms with E-state index in [1.54, 1.807) is 0 Å². The Morgan fingerprint density at radius 3 is 1.93 bits per heavy atom. The lowest BCUT2D eigenvalue weighted by molar-refractivity contribution is -0.124. The zero-order valence-electron chi connectivity index (χ0n) is 15.6. The molecule has 0 aliphatic carbocycles. The van der Waals surface area contributed by atoms with Crippen LogP contribution in [0.2, 0.25) is 0 Å². The largest absolute Gasteiger partial charge is 0.484 e. The fourth-order valence-electron chi connectivity index (χ4n) is 2.23. The summed E-state index contributed by atoms with van der Waals surface area (Å²) in [5, 5.41) is 14.9. The number of benzene rings is 2. The molecule has 0 fully saturated rings. The second kappa shape index (κ2) is 11.6. The molecule has 2 aromatic carbocycles. The Morgan fingerprint density at radius 1 is 0.897 bits per heavy atom. The average Bonchev–Trinajstić information content (AvgIpc) is 2.69. The third-order valence-electron chi connectivity index (χ3n) is 3.67. The number of halogens is 2. The summed E-state index contributed by atoms with van der Waals surface area (Å²) in [4.78, 5) is 23.3. The van der Waals surface area contributed by atoms with Gasteiger partial charge < -0.3 is 25.2 Å². The molecular weight excluding hydrogens is 386 g/mol. The quantitative estimate of drug-likeness (QED) is 0.522. The first-order valence-electron chi connectivity index (χ1n) is 8.90. The predicted molar refractivity (Wildman–Crippen MR) is 100 cm³/mol. The smallest absolute Gasteiger partial charge is 0.258 e. The molecule has 156 valence electrons. The molecule has 0 saturated heterocycles. The van der Waals surface area contributed by atoms with Gasteiger partial charge >= 0.3 is 0 Å². The zero-order chi connectivity index (χ0) is 21.1. The summed E-state index contributed by atoms with van der Waals surface area (Å²) >= 11 is 0. The van der Waals surface area contributed by atoms with Crippen molar-refractivity contribution in [3.05, 3.63) is 60.2 Å². The summed E-state index contributed by atoms with van der Waals surface area (Å²) in [6.45, 7) is -0.457. The Bertz CT molecular complexity index is 819. The first-order chi connectivity index (χ1) is 13.9. The van der Waals surface area contributed by atoms with Gasteiger partial charge in [0, 0.05) is 25.2 Å². The Hall–Kier alpha value is -3.20. The van der Waals surface area contributed by atoms with E-state index in [1.807, 2.05) is 0 Å². The summed E-state index contributed by atoms with van der Waals surface area (Å²) in [6.07, 6.45) is -0.672. The highest BCUT2D eigenvalue weighted by Crippen LogP contribution is 2.12. The molecule has 0 aliphatic rings. The van der Waals surface area contributed by atoms with E-state index in [0.29, 0.717) is 0 Å². The summed E-state index contributed by atoms with van der Waals surface area (Å²) in [6, 6.07) is 10.8. The van der Waals surface area contributed by atoms with Gasteiger partial charge in [0.2, 0.25) is 0 Å². The SMILES string of the molecule is O=C(COc1cccc(F)c1)NCC[C@H](O)CNC(=O)COc1cccc(F)c1. The molecular formula is C20H22F2N2O5. The van der Waals surface area contributed by atoms with E-state index < -0.39 is 29.6 Å². The van der Waals surface area contributed by atoms with Crippen LogP contribution in [-0.2, 0) is 9.59 Å². The van der Waals surface area contributed by atoms with Crippen LogP contribution in [-0.4, -0.2) is 49.3 Å². The first-order valence-corrected chi connectivity index (χ1v) is 8.90. The summed E-state index contributed by atoms with van der Waals surface area (Å²) in [5.41, 5.74) is 0. The van der Waals surface area contributed by atoms with Crippen LogP contribution in [0, 0.1) is 11.6 Å². The maximum atomic E-state index is 13.0. The lowest BCUT2D eigenvalue weighted by Crippen LogP contribution is -2.37. The van der Waals surface area contributed by atoms with Crippen molar-refractivity contribution in [1.82, 2.24) is 10.6 Å². The van der Waals surface area contributed by atoms with Gasteiger partial charge in [0.05, 0.1) is 6.10 Å². The summed E-state index contributed by atoms with van der Waals surface area (Å²) in [5.74, 6) is -1.36. The van der Waals surface area contributed by atoms with Crippen molar-refractivity contribution in [2.45, 2.75) is 12.5 Å². The maximum Gasteiger partial charge on any atom is 0.258 e. The highest BCUT2D eigenvalue weighted by Gasteiger charge is 2.09. The highest BCUT2D eigenvalue weighted by molar-refractivity contribution is 5.78. The van der Waals surface area contributed by atoms with Crippen molar-refractivity contribution in [3.63, 3.8) is 0 Å². The molecule has 0 saturated carbocycles. The van der Waals surface area contributed by atoms with Crippen LogP contribution < -0.4 is 20.1 Å². The number of ether oxygens (including phenoxy) is 2. The van der Waals surface area contributed by atoms with E-state index in [1.165, 1.54) is 36.4 Å². The molecule has 0 spiro atoms. The molecule has 0 aromatic heterocycles. The second-order valence-electron chi connectivity index (χ2n) is 6.09. The van der Waals surface area contributed by atoms with Crippen LogP contribution in [0.4, 0.5) is 8.78 Å². The standard InChI is InChI=1S/C20H22F2N2O5/c21-14-3-1-5-17(9-14)28-12-19(26)23-8-7-16(25)11-24-20(27)13-29-18-6-2-4-15(22)10-18/h1-6,9-10,16,25H,7-8,11-13H2,(H,23,26)(H,24,27)/t16-/m0/s1. The van der Waals surface area contributed by atoms with Gasteiger partial charge in [-0.25, -0.2) is 8.78 Å². The van der Waals surface area contributed by atoms with Crippen LogP contribution in [0.15, 0.2) is 48.5 Å². The number of hydrogen-bond acceptors (Lipinski definition) is 5. The molecule has 2 aromatic rings. The number of amides is 2. The van der Waals surface area contributed by atoms with Crippen molar-refractivity contribution >= 4 is 11.8 Å². The topological polar surface area (TPSA) is 96.9 Å². The van der Waals surface area contributed by atoms with Gasteiger partial charge in [0.1, 0.15) is 23.1 Å². The van der Waals surface area contributed by atoms with E-state index in [9.17, 15) is 23.5 Å². The number of nitrogens with one attached hydrogen (secondary N) is 2. The van der Waals surface area contributed by atoms with Crippen molar-refractivity contribution in [2.75, 3.05) is 26.3 Å². The van der Waals surface area contributed by atoms with Gasteiger partial charge in [-0.2, -0.15) is 0 Å². The van der Waals surface area contributed by atoms with Crippen LogP contribution >= 0.6 is 0 Å². The third-order valence-corrected chi connectivity index (χ3v) is 3.67. The van der Waals surface area contributed by atoms with E-state index in [4.69, 9.17) is 9.47 Å². The number of aliphatic hydroxyl groups is 1. The third kappa shape index (κ3) is 9.02. The number of rotatable bonds is 11. The molecule has 0 aliphatic heterocycles. The van der Waals surface area contributed by atoms with Gasteiger partial charge in [-0.1, -0.05) is 12.1 Å². The van der Waals surface area contributed by atoms with Gasteiger partial charge in [-0.3, -0.25) is 9.59 Å². The lowest BCUT2D eigenvalue weighted by atomic mass is 10.2. The molecule has 2 amide bonds. The predicted octanol–water partition coefficient (Wildman–Crippen LogP) is 1.41. The first kappa shape index (κ1) is 22.1. The Morgan fingerprint density at radius 2 is 1.41 bits per heavy atom. The summed E-state index contributed by atoms with van der Waals surface area (Å²) < 4.78 is 36.3. The minimum absolute atomic E-state index is 0.0268. The summed E-state index contributed by atoms with van der Waals surface area (Å²) in [7, 11) is 0. The minimum Gasteiger partial charge on any atom is -0.484 e. The van der Waals surface area contributed by atoms with E-state index in [-0.39, 0.29) is 44.2 Å². The fourth-order valence-corrected chi connectivity index (χ4v) is 2.23. The number of hydrogen-bond donors (Lipinski definition) is 3. The van der Waals surface area contributed by atoms with Crippen molar-refractivity contribution in [2.24, 2.45) is 0 Å². The lowest BCUT2D eigenvalue weighted by Gasteiger charge is -2.13. The van der Waals surface area contributed by atoms with Crippen LogP contribution in [0.25, 0.3) is 0 Å². The molecule has 0 bridgehead atoms. The van der Waals surface area contributed by atoms with E-state index in [2.05, 4.69) is 10.6 Å². The molecule has 0 unspecified atom stereocenters. The number of carbonyl (C=O) groups is 2. The number of aliphatic hydroxyl groups excluding tert-OH is 1. The van der Waals surface area contributed by atoms with Gasteiger partial charge in [-0.15, -0.1) is 0 Å². The van der Waals surface area contributed by atoms with Crippen LogP contribution in [0.5, 0.6) is 11.5 Å². The fraction of sp³-hybridized carbons (Fsp3) is 0.300. The zero-order valence-corrected chi connectivity index (χ0v) is 15.6. The molecule has 3 N–H and O–H groups in total. The Labute approximate surface area is 166 Å². The molecule has 0 radical (unpaired) electrons. The molecule has 9 heteroatoms. The van der Waals surface area contributed by atoms with Crippen molar-refractivity contribution < 1.29 is 33.0 Å². The Kier molecular flexibility index (Phi) is 8.84. The average molecular weight is 408 g/mol. The molecule has 2 rings (SSSR count). The van der Waals surface area contributed by atoms with Crippen LogP contribution in [0.3, 0.4) is 0 Å². The maximum absolute atomic E-state index is 13.0. The molecule has 0 heterocycles. The second-order valence-corrected chi connectivity index (χ2v) is 6.09. The van der Waals surface area contributed by atoms with Gasteiger partial charge in [0.25, 0.3) is 11.8 Å². The van der Waals surface area contributed by atoms with E-state index >= 15 is 0 Å². The molecule has 7 nitrogen and oxygen atoms in total. The highest BCUT2D eigenvalue weighted by atomic mass is 19.1. The minimum atomic E-state index is -0.877. The van der Waals surface area contributed by atoms with Crippen molar-refractivity contribution in [1.29, 1.82) is 0 Å². The van der Waals surface area contributed by atoms with Crippen molar-refractivity contribution in [3.8, 4) is 11.5 Å². The number of carbonyl (C=O) groups excluding carboxylic acids is 2. The monoisotopic (exact) mass is 408 g/mol. The van der Waals surface area contributed by atoms with Crippen LogP contribution in [0.1, 0.15) is 6.42 Å². The normalized spacial score (nSPS) is 11.4. The molecule has 29 heavy (non-hydrogen) atoms. The van der Waals surface area contributed by atoms with Gasteiger partial charge in [0.15, 0.2) is 13.2 Å².